The van der Waals surface area contributed by atoms with E-state index in [9.17, 15) is 17.6 Å². The van der Waals surface area contributed by atoms with E-state index < -0.39 is 18.1 Å². The highest BCUT2D eigenvalue weighted by Crippen LogP contribution is 2.41. The molecule has 0 heterocycles. The Labute approximate surface area is 188 Å². The van der Waals surface area contributed by atoms with Crippen LogP contribution in [0.15, 0.2) is 48.8 Å². The average Bonchev–Trinajstić information content (AvgIpc) is 2.78. The van der Waals surface area contributed by atoms with E-state index in [4.69, 9.17) is 9.47 Å². The predicted molar refractivity (Wildman–Crippen MR) is 118 cm³/mol. The fraction of sp³-hybridized carbons (Fsp3) is 0.615. The van der Waals surface area contributed by atoms with Crippen LogP contribution in [0.3, 0.4) is 0 Å². The third-order valence-electron chi connectivity index (χ3n) is 6.85. The lowest BCUT2D eigenvalue weighted by Crippen LogP contribution is -2.37. The van der Waals surface area contributed by atoms with Crippen molar-refractivity contribution < 1.29 is 27.0 Å². The highest BCUT2D eigenvalue weighted by Gasteiger charge is 2.43. The Morgan fingerprint density at radius 2 is 1.41 bits per heavy atom. The first-order valence-electron chi connectivity index (χ1n) is 11.9. The van der Waals surface area contributed by atoms with Crippen LogP contribution < -0.4 is 9.47 Å². The van der Waals surface area contributed by atoms with E-state index in [1.165, 1.54) is 62.8 Å². The molecule has 3 rings (SSSR count). The SMILES string of the molecule is CCCC1CCC(C=CC2CCC(C(F)(F)Oc3ccc(OC=C(F)F)cc3)CC2)CC1. The molecular weight excluding hydrogens is 420 g/mol. The lowest BCUT2D eigenvalue weighted by Gasteiger charge is -2.32. The summed E-state index contributed by atoms with van der Waals surface area (Å²) >= 11 is 0. The van der Waals surface area contributed by atoms with Gasteiger partial charge in [0.05, 0.1) is 5.92 Å². The number of benzene rings is 1. The molecule has 1 aromatic carbocycles. The summed E-state index contributed by atoms with van der Waals surface area (Å²) in [5.74, 6) is 1.20. The van der Waals surface area contributed by atoms with Crippen molar-refractivity contribution >= 4 is 0 Å². The van der Waals surface area contributed by atoms with Crippen LogP contribution in [0.5, 0.6) is 11.5 Å². The van der Waals surface area contributed by atoms with Gasteiger partial charge in [-0.1, -0.05) is 31.9 Å². The summed E-state index contributed by atoms with van der Waals surface area (Å²) in [5.41, 5.74) is 0. The molecule has 2 aliphatic carbocycles. The zero-order valence-electron chi connectivity index (χ0n) is 18.8. The maximum atomic E-state index is 14.7. The van der Waals surface area contributed by atoms with Gasteiger partial charge in [0.1, 0.15) is 11.5 Å². The first-order valence-corrected chi connectivity index (χ1v) is 11.9. The lowest BCUT2D eigenvalue weighted by molar-refractivity contribution is -0.223. The molecule has 2 aliphatic rings. The molecule has 32 heavy (non-hydrogen) atoms. The molecule has 0 unspecified atom stereocenters. The Balaban J connectivity index is 1.43. The number of allylic oxidation sites excluding steroid dienone is 2. The van der Waals surface area contributed by atoms with Crippen molar-refractivity contribution in [1.29, 1.82) is 0 Å². The van der Waals surface area contributed by atoms with E-state index in [-0.39, 0.29) is 11.5 Å². The molecule has 0 radical (unpaired) electrons. The molecule has 0 aromatic heterocycles. The summed E-state index contributed by atoms with van der Waals surface area (Å²) in [6, 6.07) is 5.25. The van der Waals surface area contributed by atoms with Gasteiger partial charge in [-0.3, -0.25) is 0 Å². The van der Waals surface area contributed by atoms with Crippen LogP contribution in [-0.2, 0) is 0 Å². The van der Waals surface area contributed by atoms with Gasteiger partial charge < -0.3 is 9.47 Å². The zero-order valence-corrected chi connectivity index (χ0v) is 18.8. The van der Waals surface area contributed by atoms with E-state index in [1.54, 1.807) is 0 Å². The fourth-order valence-electron chi connectivity index (χ4n) is 4.98. The van der Waals surface area contributed by atoms with Gasteiger partial charge in [-0.15, -0.1) is 0 Å². The minimum atomic E-state index is -3.26. The van der Waals surface area contributed by atoms with Gasteiger partial charge in [-0.25, -0.2) is 0 Å². The summed E-state index contributed by atoms with van der Waals surface area (Å²) in [6.45, 7) is 2.25. The number of hydrogen-bond acceptors (Lipinski definition) is 2. The molecule has 0 bridgehead atoms. The number of alkyl halides is 2. The average molecular weight is 455 g/mol. The van der Waals surface area contributed by atoms with Crippen LogP contribution in [-0.4, -0.2) is 6.11 Å². The molecule has 6 heteroatoms. The maximum Gasteiger partial charge on any atom is 0.400 e. The van der Waals surface area contributed by atoms with E-state index in [2.05, 4.69) is 19.1 Å². The molecule has 178 valence electrons. The van der Waals surface area contributed by atoms with E-state index in [1.807, 2.05) is 0 Å². The van der Waals surface area contributed by atoms with Crippen LogP contribution in [0.4, 0.5) is 17.6 Å². The maximum absolute atomic E-state index is 14.7. The standard InChI is InChI=1S/C26H34F4O2/c1-2-3-19-4-6-20(7-5-19)8-9-21-10-12-22(13-11-21)26(29,30)32-24-16-14-23(15-17-24)31-18-25(27)28/h8-9,14-22H,2-7,10-13H2,1H3. The van der Waals surface area contributed by atoms with Gasteiger partial charge in [0.15, 0.2) is 6.26 Å². The zero-order chi connectivity index (χ0) is 23.0. The second-order valence-electron chi connectivity index (χ2n) is 9.23. The van der Waals surface area contributed by atoms with Crippen molar-refractivity contribution in [3.8, 4) is 11.5 Å². The highest BCUT2D eigenvalue weighted by atomic mass is 19.3. The second-order valence-corrected chi connectivity index (χ2v) is 9.23. The number of halogens is 4. The van der Waals surface area contributed by atoms with Crippen molar-refractivity contribution in [3.63, 3.8) is 0 Å². The van der Waals surface area contributed by atoms with Crippen molar-refractivity contribution in [1.82, 2.24) is 0 Å². The molecule has 2 fully saturated rings. The van der Waals surface area contributed by atoms with Crippen molar-refractivity contribution in [2.24, 2.45) is 23.7 Å². The van der Waals surface area contributed by atoms with Gasteiger partial charge in [0.2, 0.25) is 0 Å². The predicted octanol–water partition coefficient (Wildman–Crippen LogP) is 8.74. The molecule has 0 spiro atoms. The van der Waals surface area contributed by atoms with Crippen molar-refractivity contribution in [3.05, 3.63) is 48.8 Å². The summed E-state index contributed by atoms with van der Waals surface area (Å²) in [6.07, 6.45) is 9.77. The Hall–Kier alpha value is -1.98. The van der Waals surface area contributed by atoms with Crippen LogP contribution in [0.25, 0.3) is 0 Å². The number of hydrogen-bond donors (Lipinski definition) is 0. The third kappa shape index (κ3) is 7.56. The molecule has 1 aromatic rings. The minimum absolute atomic E-state index is 0.00672. The summed E-state index contributed by atoms with van der Waals surface area (Å²) in [4.78, 5) is 0. The Morgan fingerprint density at radius 1 is 0.875 bits per heavy atom. The number of rotatable bonds is 9. The van der Waals surface area contributed by atoms with Crippen molar-refractivity contribution in [2.45, 2.75) is 77.2 Å². The molecule has 2 nitrogen and oxygen atoms in total. The normalized spacial score (nSPS) is 26.7. The van der Waals surface area contributed by atoms with Crippen LogP contribution >= 0.6 is 0 Å². The molecule has 0 amide bonds. The van der Waals surface area contributed by atoms with Gasteiger partial charge in [0.25, 0.3) is 0 Å². The number of ether oxygens (including phenoxy) is 2. The summed E-state index contributed by atoms with van der Waals surface area (Å²) in [5, 5.41) is 0. The first-order chi connectivity index (χ1) is 15.4. The van der Waals surface area contributed by atoms with Gasteiger partial charge in [-0.2, -0.15) is 17.6 Å². The van der Waals surface area contributed by atoms with E-state index in [0.29, 0.717) is 30.9 Å². The van der Waals surface area contributed by atoms with Gasteiger partial charge in [-0.05, 0) is 93.4 Å². The summed E-state index contributed by atoms with van der Waals surface area (Å²) < 4.78 is 63.1. The first kappa shape index (κ1) is 24.7. The van der Waals surface area contributed by atoms with Gasteiger partial charge >= 0.3 is 12.2 Å². The van der Waals surface area contributed by atoms with Crippen molar-refractivity contribution in [2.75, 3.05) is 0 Å². The monoisotopic (exact) mass is 454 g/mol. The van der Waals surface area contributed by atoms with Crippen LogP contribution in [0.1, 0.15) is 71.1 Å². The molecule has 0 atom stereocenters. The lowest BCUT2D eigenvalue weighted by atomic mass is 9.78. The minimum Gasteiger partial charge on any atom is -0.459 e. The second kappa shape index (κ2) is 11.8. The molecule has 0 aliphatic heterocycles. The van der Waals surface area contributed by atoms with Gasteiger partial charge in [0, 0.05) is 0 Å². The molecule has 2 saturated carbocycles. The molecular formula is C26H34F4O2. The molecule has 0 saturated heterocycles. The topological polar surface area (TPSA) is 18.5 Å². The highest BCUT2D eigenvalue weighted by molar-refractivity contribution is 5.32. The largest absolute Gasteiger partial charge is 0.459 e. The third-order valence-corrected chi connectivity index (χ3v) is 6.85. The van der Waals surface area contributed by atoms with Crippen LogP contribution in [0.2, 0.25) is 0 Å². The Kier molecular flexibility index (Phi) is 9.06. The Morgan fingerprint density at radius 3 is 1.94 bits per heavy atom. The van der Waals surface area contributed by atoms with E-state index in [0.717, 1.165) is 18.8 Å². The smallest absolute Gasteiger partial charge is 0.400 e. The Bertz CT molecular complexity index is 740. The quantitative estimate of drug-likeness (QED) is 0.211. The molecule has 0 N–H and O–H groups in total. The summed E-state index contributed by atoms with van der Waals surface area (Å²) in [7, 11) is 0. The van der Waals surface area contributed by atoms with Crippen LogP contribution in [0, 0.1) is 23.7 Å². The van der Waals surface area contributed by atoms with E-state index >= 15 is 0 Å². The fourth-order valence-corrected chi connectivity index (χ4v) is 4.98.